The van der Waals surface area contributed by atoms with Crippen molar-refractivity contribution in [2.45, 2.75) is 58.9 Å². The molecule has 0 amide bonds. The van der Waals surface area contributed by atoms with Crippen LogP contribution in [-0.4, -0.2) is 24.5 Å². The highest BCUT2D eigenvalue weighted by Gasteiger charge is 2.29. The molecule has 1 saturated heterocycles. The SMILES string of the molecule is CC1(C)CCN(C(CN)c2ccc(C(C)(C)C)cc2)CC1. The van der Waals surface area contributed by atoms with Crippen LogP contribution in [0, 0.1) is 5.41 Å². The maximum Gasteiger partial charge on any atom is 0.0470 e. The van der Waals surface area contributed by atoms with E-state index in [0.29, 0.717) is 18.0 Å². The van der Waals surface area contributed by atoms with Crippen molar-refractivity contribution in [3.8, 4) is 0 Å². The van der Waals surface area contributed by atoms with Gasteiger partial charge in [-0.2, -0.15) is 0 Å². The molecule has 21 heavy (non-hydrogen) atoms. The molecule has 0 aromatic heterocycles. The van der Waals surface area contributed by atoms with Gasteiger partial charge in [-0.3, -0.25) is 4.90 Å². The van der Waals surface area contributed by atoms with Crippen LogP contribution in [0.4, 0.5) is 0 Å². The third-order valence-electron chi connectivity index (χ3n) is 4.98. The maximum atomic E-state index is 6.09. The number of nitrogens with zero attached hydrogens (tertiary/aromatic N) is 1. The summed E-state index contributed by atoms with van der Waals surface area (Å²) in [6.45, 7) is 14.6. The van der Waals surface area contributed by atoms with Crippen LogP contribution in [0.15, 0.2) is 24.3 Å². The summed E-state index contributed by atoms with van der Waals surface area (Å²) in [4.78, 5) is 2.57. The topological polar surface area (TPSA) is 29.3 Å². The van der Waals surface area contributed by atoms with Gasteiger partial charge in [0, 0.05) is 12.6 Å². The van der Waals surface area contributed by atoms with Gasteiger partial charge in [0.05, 0.1) is 0 Å². The first-order valence-corrected chi connectivity index (χ1v) is 8.27. The Labute approximate surface area is 130 Å². The molecule has 1 aliphatic heterocycles. The van der Waals surface area contributed by atoms with Gasteiger partial charge in [-0.25, -0.2) is 0 Å². The number of hydrogen-bond donors (Lipinski definition) is 1. The van der Waals surface area contributed by atoms with Gasteiger partial charge in [-0.05, 0) is 47.9 Å². The Morgan fingerprint density at radius 2 is 1.62 bits per heavy atom. The molecule has 2 nitrogen and oxygen atoms in total. The second kappa shape index (κ2) is 6.10. The van der Waals surface area contributed by atoms with E-state index < -0.39 is 0 Å². The average Bonchev–Trinajstić information content (AvgIpc) is 2.41. The molecule has 0 bridgehead atoms. The molecule has 1 atom stereocenters. The van der Waals surface area contributed by atoms with Gasteiger partial charge in [-0.15, -0.1) is 0 Å². The van der Waals surface area contributed by atoms with Crippen LogP contribution in [0.3, 0.4) is 0 Å². The molecule has 2 N–H and O–H groups in total. The fraction of sp³-hybridized carbons (Fsp3) is 0.684. The second-order valence-electron chi connectivity index (χ2n) is 8.32. The number of likely N-dealkylation sites (tertiary alicyclic amines) is 1. The number of benzene rings is 1. The first-order valence-electron chi connectivity index (χ1n) is 8.27. The lowest BCUT2D eigenvalue weighted by Gasteiger charge is -2.41. The van der Waals surface area contributed by atoms with Crippen molar-refractivity contribution in [3.05, 3.63) is 35.4 Å². The lowest BCUT2D eigenvalue weighted by atomic mass is 9.81. The Balaban J connectivity index is 2.11. The fourth-order valence-corrected chi connectivity index (χ4v) is 3.14. The van der Waals surface area contributed by atoms with E-state index in [1.807, 2.05) is 0 Å². The van der Waals surface area contributed by atoms with Crippen LogP contribution in [0.2, 0.25) is 0 Å². The molecule has 0 aliphatic carbocycles. The molecule has 1 fully saturated rings. The van der Waals surface area contributed by atoms with Gasteiger partial charge in [0.15, 0.2) is 0 Å². The monoisotopic (exact) mass is 288 g/mol. The highest BCUT2D eigenvalue weighted by molar-refractivity contribution is 5.29. The molecular formula is C19H32N2. The van der Waals surface area contributed by atoms with Gasteiger partial charge in [-0.1, -0.05) is 58.9 Å². The quantitative estimate of drug-likeness (QED) is 0.907. The molecule has 0 spiro atoms. The third kappa shape index (κ3) is 4.08. The highest BCUT2D eigenvalue weighted by atomic mass is 15.2. The standard InChI is InChI=1S/C19H32N2/c1-18(2,3)16-8-6-15(7-9-16)17(14-20)21-12-10-19(4,5)11-13-21/h6-9,17H,10-14,20H2,1-5H3. The summed E-state index contributed by atoms with van der Waals surface area (Å²) in [6, 6.07) is 9.46. The zero-order valence-corrected chi connectivity index (χ0v) is 14.4. The zero-order valence-electron chi connectivity index (χ0n) is 14.4. The van der Waals surface area contributed by atoms with Crippen molar-refractivity contribution >= 4 is 0 Å². The number of hydrogen-bond acceptors (Lipinski definition) is 2. The minimum absolute atomic E-state index is 0.214. The Morgan fingerprint density at radius 3 is 2.05 bits per heavy atom. The summed E-state index contributed by atoms with van der Waals surface area (Å²) >= 11 is 0. The molecule has 118 valence electrons. The Bertz CT molecular complexity index is 443. The summed E-state index contributed by atoms with van der Waals surface area (Å²) in [5.74, 6) is 0. The van der Waals surface area contributed by atoms with E-state index in [1.54, 1.807) is 0 Å². The Kier molecular flexibility index (Phi) is 4.79. The van der Waals surface area contributed by atoms with Gasteiger partial charge < -0.3 is 5.73 Å². The summed E-state index contributed by atoms with van der Waals surface area (Å²) in [7, 11) is 0. The summed E-state index contributed by atoms with van der Waals surface area (Å²) in [5, 5.41) is 0. The number of nitrogens with two attached hydrogens (primary N) is 1. The van der Waals surface area contributed by atoms with Crippen LogP contribution in [0.1, 0.15) is 64.6 Å². The first-order chi connectivity index (χ1) is 9.73. The highest BCUT2D eigenvalue weighted by Crippen LogP contribution is 2.34. The zero-order chi connectivity index (χ0) is 15.7. The Morgan fingerprint density at radius 1 is 1.10 bits per heavy atom. The van der Waals surface area contributed by atoms with E-state index in [1.165, 1.54) is 24.0 Å². The molecule has 1 aromatic rings. The molecule has 1 aromatic carbocycles. The number of piperidine rings is 1. The lowest BCUT2D eigenvalue weighted by molar-refractivity contribution is 0.0964. The smallest absolute Gasteiger partial charge is 0.0470 e. The summed E-state index contributed by atoms with van der Waals surface area (Å²) in [5.41, 5.74) is 9.55. The van der Waals surface area contributed by atoms with Gasteiger partial charge in [0.1, 0.15) is 0 Å². The molecule has 0 radical (unpaired) electrons. The van der Waals surface area contributed by atoms with Crippen molar-refractivity contribution in [3.63, 3.8) is 0 Å². The van der Waals surface area contributed by atoms with E-state index in [-0.39, 0.29) is 5.41 Å². The summed E-state index contributed by atoms with van der Waals surface area (Å²) in [6.07, 6.45) is 2.53. The van der Waals surface area contributed by atoms with Crippen LogP contribution in [0.25, 0.3) is 0 Å². The van der Waals surface area contributed by atoms with Gasteiger partial charge >= 0.3 is 0 Å². The summed E-state index contributed by atoms with van der Waals surface area (Å²) < 4.78 is 0. The predicted molar refractivity (Wildman–Crippen MR) is 91.5 cm³/mol. The normalized spacial score (nSPS) is 21.2. The maximum absolute atomic E-state index is 6.09. The molecule has 2 rings (SSSR count). The first kappa shape index (κ1) is 16.5. The largest absolute Gasteiger partial charge is 0.329 e. The van der Waals surface area contributed by atoms with Crippen LogP contribution < -0.4 is 5.73 Å². The van der Waals surface area contributed by atoms with E-state index in [0.717, 1.165) is 13.1 Å². The molecular weight excluding hydrogens is 256 g/mol. The van der Waals surface area contributed by atoms with Crippen molar-refractivity contribution in [2.24, 2.45) is 11.1 Å². The average molecular weight is 288 g/mol. The fourth-order valence-electron chi connectivity index (χ4n) is 3.14. The minimum Gasteiger partial charge on any atom is -0.329 e. The van der Waals surface area contributed by atoms with E-state index in [4.69, 9.17) is 5.73 Å². The van der Waals surface area contributed by atoms with Crippen LogP contribution >= 0.6 is 0 Å². The predicted octanol–water partition coefficient (Wildman–Crippen LogP) is 4.11. The molecule has 1 aliphatic rings. The van der Waals surface area contributed by atoms with Crippen molar-refractivity contribution in [1.29, 1.82) is 0 Å². The van der Waals surface area contributed by atoms with Crippen molar-refractivity contribution in [1.82, 2.24) is 4.90 Å². The molecule has 2 heteroatoms. The minimum atomic E-state index is 0.214. The Hall–Kier alpha value is -0.860. The molecule has 0 saturated carbocycles. The van der Waals surface area contributed by atoms with E-state index >= 15 is 0 Å². The molecule has 1 unspecified atom stereocenters. The third-order valence-corrected chi connectivity index (χ3v) is 4.98. The van der Waals surface area contributed by atoms with Gasteiger partial charge in [0.2, 0.25) is 0 Å². The second-order valence-corrected chi connectivity index (χ2v) is 8.32. The molecule has 1 heterocycles. The van der Waals surface area contributed by atoms with E-state index in [9.17, 15) is 0 Å². The van der Waals surface area contributed by atoms with Crippen LogP contribution in [-0.2, 0) is 5.41 Å². The number of rotatable bonds is 3. The van der Waals surface area contributed by atoms with E-state index in [2.05, 4.69) is 63.8 Å². The van der Waals surface area contributed by atoms with Crippen molar-refractivity contribution in [2.75, 3.05) is 19.6 Å². The van der Waals surface area contributed by atoms with Crippen LogP contribution in [0.5, 0.6) is 0 Å². The van der Waals surface area contributed by atoms with Crippen molar-refractivity contribution < 1.29 is 0 Å². The van der Waals surface area contributed by atoms with Gasteiger partial charge in [0.25, 0.3) is 0 Å². The lowest BCUT2D eigenvalue weighted by Crippen LogP contribution is -2.42.